The highest BCUT2D eigenvalue weighted by molar-refractivity contribution is 7.07. The van der Waals surface area contributed by atoms with E-state index in [1.54, 1.807) is 18.3 Å². The van der Waals surface area contributed by atoms with Gasteiger partial charge in [0, 0.05) is 25.9 Å². The van der Waals surface area contributed by atoms with Crippen LogP contribution in [0, 0.1) is 12.3 Å². The molecule has 1 saturated heterocycles. The molecule has 6 nitrogen and oxygen atoms in total. The first-order chi connectivity index (χ1) is 13.1. The average Bonchev–Trinajstić information content (AvgIpc) is 3.01. The molecule has 2 fully saturated rings. The second-order valence-corrected chi connectivity index (χ2v) is 8.82. The zero-order valence-electron chi connectivity index (χ0n) is 16.2. The van der Waals surface area contributed by atoms with Crippen LogP contribution < -0.4 is 0 Å². The molecule has 1 unspecified atom stereocenters. The first kappa shape index (κ1) is 18.6. The largest absolute Gasteiger partial charge is 0.339 e. The summed E-state index contributed by atoms with van der Waals surface area (Å²) >= 11 is 1.70. The van der Waals surface area contributed by atoms with E-state index in [9.17, 15) is 4.79 Å². The summed E-state index contributed by atoms with van der Waals surface area (Å²) in [6.45, 7) is 7.66. The Hall–Kier alpha value is -1.73. The minimum atomic E-state index is 0.209. The van der Waals surface area contributed by atoms with Crippen molar-refractivity contribution in [3.63, 3.8) is 0 Å². The van der Waals surface area contributed by atoms with E-state index < -0.39 is 0 Å². The van der Waals surface area contributed by atoms with E-state index >= 15 is 0 Å². The second kappa shape index (κ2) is 7.72. The van der Waals surface area contributed by atoms with Gasteiger partial charge in [-0.05, 0) is 80.0 Å². The van der Waals surface area contributed by atoms with Crippen LogP contribution >= 0.6 is 11.3 Å². The van der Waals surface area contributed by atoms with Gasteiger partial charge in [-0.3, -0.25) is 4.79 Å². The standard InChI is InChI=1S/C20H28N4O2S/c1-15-21-19(26-22-15)4-3-8-23-9-6-20(7-10-23)12-18(20)24(16(2)25)13-17-5-11-27-14-17/h5,11,14,18H,3-4,6-10,12-13H2,1-2H3. The third kappa shape index (κ3) is 4.24. The van der Waals surface area contributed by atoms with Crippen LogP contribution in [-0.2, 0) is 17.8 Å². The van der Waals surface area contributed by atoms with Crippen molar-refractivity contribution in [2.24, 2.45) is 5.41 Å². The van der Waals surface area contributed by atoms with Crippen LogP contribution in [0.25, 0.3) is 0 Å². The first-order valence-electron chi connectivity index (χ1n) is 9.86. The number of thiophene rings is 1. The summed E-state index contributed by atoms with van der Waals surface area (Å²) in [6.07, 6.45) is 5.47. The van der Waals surface area contributed by atoms with Crippen LogP contribution in [-0.4, -0.2) is 51.5 Å². The van der Waals surface area contributed by atoms with Gasteiger partial charge in [-0.25, -0.2) is 0 Å². The molecule has 2 aromatic heterocycles. The quantitative estimate of drug-likeness (QED) is 0.728. The van der Waals surface area contributed by atoms with Crippen molar-refractivity contribution in [3.8, 4) is 0 Å². The lowest BCUT2D eigenvalue weighted by atomic mass is 9.92. The van der Waals surface area contributed by atoms with Gasteiger partial charge in [-0.15, -0.1) is 0 Å². The molecule has 0 N–H and O–H groups in total. The third-order valence-corrected chi connectivity index (χ3v) is 6.88. The zero-order valence-corrected chi connectivity index (χ0v) is 17.0. The Bertz CT molecular complexity index is 765. The molecule has 1 spiro atoms. The molecule has 0 bridgehead atoms. The number of aryl methyl sites for hydroxylation is 2. The van der Waals surface area contributed by atoms with Gasteiger partial charge >= 0.3 is 0 Å². The number of hydrogen-bond acceptors (Lipinski definition) is 6. The van der Waals surface area contributed by atoms with E-state index in [0.29, 0.717) is 17.3 Å². The maximum absolute atomic E-state index is 12.2. The first-order valence-corrected chi connectivity index (χ1v) is 10.8. The molecule has 4 rings (SSSR count). The summed E-state index contributed by atoms with van der Waals surface area (Å²) in [6, 6.07) is 2.56. The molecule has 1 atom stereocenters. The number of piperidine rings is 1. The van der Waals surface area contributed by atoms with E-state index in [2.05, 4.69) is 36.8 Å². The summed E-state index contributed by atoms with van der Waals surface area (Å²) in [4.78, 5) is 21.1. The van der Waals surface area contributed by atoms with Crippen molar-refractivity contribution in [2.45, 2.75) is 58.5 Å². The summed E-state index contributed by atoms with van der Waals surface area (Å²) in [5.41, 5.74) is 1.62. The topological polar surface area (TPSA) is 62.5 Å². The maximum Gasteiger partial charge on any atom is 0.226 e. The molecule has 2 aromatic rings. The van der Waals surface area contributed by atoms with E-state index in [1.807, 2.05) is 6.92 Å². The van der Waals surface area contributed by atoms with Crippen molar-refractivity contribution >= 4 is 17.2 Å². The van der Waals surface area contributed by atoms with Gasteiger partial charge in [0.25, 0.3) is 0 Å². The van der Waals surface area contributed by atoms with Gasteiger partial charge < -0.3 is 14.3 Å². The van der Waals surface area contributed by atoms with Gasteiger partial charge in [0.2, 0.25) is 11.8 Å². The number of nitrogens with zero attached hydrogens (tertiary/aromatic N) is 4. The summed E-state index contributed by atoms with van der Waals surface area (Å²) in [5.74, 6) is 1.66. The Labute approximate surface area is 164 Å². The van der Waals surface area contributed by atoms with Crippen molar-refractivity contribution < 1.29 is 9.32 Å². The molecule has 3 heterocycles. The van der Waals surface area contributed by atoms with Gasteiger partial charge in [-0.1, -0.05) is 5.16 Å². The van der Waals surface area contributed by atoms with Crippen LogP contribution in [0.15, 0.2) is 21.3 Å². The molecule has 1 amide bonds. The van der Waals surface area contributed by atoms with Crippen LogP contribution in [0.5, 0.6) is 0 Å². The Morgan fingerprint density at radius 2 is 2.26 bits per heavy atom. The van der Waals surface area contributed by atoms with E-state index in [4.69, 9.17) is 4.52 Å². The van der Waals surface area contributed by atoms with Gasteiger partial charge in [-0.2, -0.15) is 16.3 Å². The van der Waals surface area contributed by atoms with Crippen LogP contribution in [0.1, 0.15) is 49.9 Å². The molecule has 1 aliphatic heterocycles. The number of carbonyl (C=O) groups excluding carboxylic acids is 1. The maximum atomic E-state index is 12.2. The fraction of sp³-hybridized carbons (Fsp3) is 0.650. The average molecular weight is 389 g/mol. The molecule has 0 radical (unpaired) electrons. The number of amides is 1. The fourth-order valence-corrected chi connectivity index (χ4v) is 5.10. The highest BCUT2D eigenvalue weighted by atomic mass is 32.1. The molecule has 1 aliphatic carbocycles. The van der Waals surface area contributed by atoms with Gasteiger partial charge in [0.15, 0.2) is 5.82 Å². The number of hydrogen-bond donors (Lipinski definition) is 0. The van der Waals surface area contributed by atoms with Crippen molar-refractivity contribution in [2.75, 3.05) is 19.6 Å². The number of aromatic nitrogens is 2. The van der Waals surface area contributed by atoms with Crippen LogP contribution in [0.4, 0.5) is 0 Å². The molecule has 146 valence electrons. The lowest BCUT2D eigenvalue weighted by Gasteiger charge is -2.34. The molecule has 0 aromatic carbocycles. The summed E-state index contributed by atoms with van der Waals surface area (Å²) < 4.78 is 5.19. The molecule has 27 heavy (non-hydrogen) atoms. The fourth-order valence-electron chi connectivity index (χ4n) is 4.44. The predicted molar refractivity (Wildman–Crippen MR) is 104 cm³/mol. The number of carbonyl (C=O) groups is 1. The lowest BCUT2D eigenvalue weighted by molar-refractivity contribution is -0.130. The predicted octanol–water partition coefficient (Wildman–Crippen LogP) is 3.28. The van der Waals surface area contributed by atoms with Gasteiger partial charge in [0.05, 0.1) is 0 Å². The number of likely N-dealkylation sites (tertiary alicyclic amines) is 1. The molecular formula is C20H28N4O2S. The van der Waals surface area contributed by atoms with E-state index in [1.165, 1.54) is 24.8 Å². The Morgan fingerprint density at radius 1 is 1.44 bits per heavy atom. The smallest absolute Gasteiger partial charge is 0.226 e. The minimum Gasteiger partial charge on any atom is -0.339 e. The SMILES string of the molecule is CC(=O)N(Cc1ccsc1)C1CC12CCN(CCCc1nc(C)no1)CC2. The normalized spacial score (nSPS) is 21.5. The Balaban J connectivity index is 1.24. The third-order valence-electron chi connectivity index (χ3n) is 6.15. The van der Waals surface area contributed by atoms with Crippen LogP contribution in [0.3, 0.4) is 0 Å². The molecule has 7 heteroatoms. The van der Waals surface area contributed by atoms with Crippen LogP contribution in [0.2, 0.25) is 0 Å². The zero-order chi connectivity index (χ0) is 18.9. The summed E-state index contributed by atoms with van der Waals surface area (Å²) in [7, 11) is 0. The van der Waals surface area contributed by atoms with Crippen molar-refractivity contribution in [1.29, 1.82) is 0 Å². The highest BCUT2D eigenvalue weighted by Crippen LogP contribution is 2.57. The monoisotopic (exact) mass is 388 g/mol. The van der Waals surface area contributed by atoms with E-state index in [0.717, 1.165) is 44.9 Å². The highest BCUT2D eigenvalue weighted by Gasteiger charge is 2.58. The molecular weight excluding hydrogens is 360 g/mol. The molecule has 1 saturated carbocycles. The minimum absolute atomic E-state index is 0.209. The van der Waals surface area contributed by atoms with E-state index in [-0.39, 0.29) is 5.91 Å². The Morgan fingerprint density at radius 3 is 2.89 bits per heavy atom. The van der Waals surface area contributed by atoms with Crippen molar-refractivity contribution in [1.82, 2.24) is 19.9 Å². The Kier molecular flexibility index (Phi) is 5.32. The summed E-state index contributed by atoms with van der Waals surface area (Å²) in [5, 5.41) is 8.08. The lowest BCUT2D eigenvalue weighted by Crippen LogP contribution is -2.40. The molecule has 2 aliphatic rings. The number of rotatable bonds is 7. The van der Waals surface area contributed by atoms with Gasteiger partial charge in [0.1, 0.15) is 0 Å². The van der Waals surface area contributed by atoms with Crippen molar-refractivity contribution in [3.05, 3.63) is 34.1 Å². The second-order valence-electron chi connectivity index (χ2n) is 8.04.